The van der Waals surface area contributed by atoms with Gasteiger partial charge in [-0.3, -0.25) is 9.55 Å². The maximum absolute atomic E-state index is 10.9. The Kier molecular flexibility index (Phi) is 7.81. The predicted octanol–water partition coefficient (Wildman–Crippen LogP) is 8.52. The molecule has 0 aliphatic carbocycles. The van der Waals surface area contributed by atoms with E-state index in [1.54, 1.807) is 12.3 Å². The number of rotatable bonds is 6. The molecule has 0 bridgehead atoms. The molecule has 0 amide bonds. The van der Waals surface area contributed by atoms with Crippen molar-refractivity contribution in [3.8, 4) is 45.2 Å². The van der Waals surface area contributed by atoms with Gasteiger partial charge in [0.05, 0.1) is 16.6 Å². The van der Waals surface area contributed by atoms with Crippen molar-refractivity contribution < 1.29 is 26.2 Å². The van der Waals surface area contributed by atoms with Gasteiger partial charge in [-0.1, -0.05) is 95.6 Å². The van der Waals surface area contributed by atoms with E-state index in [1.165, 1.54) is 5.56 Å². The summed E-state index contributed by atoms with van der Waals surface area (Å²) in [4.78, 5) is 9.83. The Morgan fingerprint density at radius 1 is 0.667 bits per heavy atom. The molecule has 0 unspecified atom stereocenters. The summed E-state index contributed by atoms with van der Waals surface area (Å²) in [5, 5.41) is 10.9. The van der Waals surface area contributed by atoms with Gasteiger partial charge in [0.15, 0.2) is 0 Å². The van der Waals surface area contributed by atoms with Crippen molar-refractivity contribution >= 4 is 11.0 Å². The number of para-hydroxylation sites is 2. The quantitative estimate of drug-likeness (QED) is 0.175. The van der Waals surface area contributed by atoms with Crippen LogP contribution in [0.3, 0.4) is 0 Å². The van der Waals surface area contributed by atoms with E-state index in [2.05, 4.69) is 76.3 Å². The molecule has 0 saturated carbocycles. The first-order chi connectivity index (χ1) is 20.3. The van der Waals surface area contributed by atoms with Gasteiger partial charge in [0.2, 0.25) is 0 Å². The molecule has 2 aromatic heterocycles. The van der Waals surface area contributed by atoms with E-state index in [0.717, 1.165) is 51.1 Å². The molecule has 0 radical (unpaired) electrons. The minimum Gasteiger partial charge on any atom is -0.507 e. The Bertz CT molecular complexity index is 1970. The molecule has 7 rings (SSSR count). The van der Waals surface area contributed by atoms with Gasteiger partial charge >= 0.3 is 0 Å². The van der Waals surface area contributed by atoms with Crippen LogP contribution in [0.25, 0.3) is 50.5 Å². The summed E-state index contributed by atoms with van der Waals surface area (Å²) in [6, 6.07) is 48.1. The van der Waals surface area contributed by atoms with Gasteiger partial charge in [-0.25, -0.2) is 4.98 Å². The van der Waals surface area contributed by atoms with Gasteiger partial charge in [-0.15, -0.1) is 29.8 Å². The molecule has 4 nitrogen and oxygen atoms in total. The van der Waals surface area contributed by atoms with Crippen molar-refractivity contribution in [1.29, 1.82) is 0 Å². The Morgan fingerprint density at radius 3 is 2.14 bits per heavy atom. The standard InChI is InChI=1S/C37H26N3O.Pt/c41-34-20-8-7-18-31(34)37-39-36-33(40(37)30-16-5-2-6-17-30)22-21-29(24-26-12-3-1-4-13-26)35(36)28-15-11-14-27(25-28)32-19-9-10-23-38-32;/h1-23,41H,24H2;/q-1;. The number of fused-ring (bicyclic) bond motifs is 1. The Hall–Kier alpha value is -4.79. The first kappa shape index (κ1) is 27.4. The number of aromatic nitrogens is 3. The minimum absolute atomic E-state index is 0. The molecule has 0 aliphatic heterocycles. The van der Waals surface area contributed by atoms with Gasteiger partial charge in [-0.05, 0) is 48.4 Å². The van der Waals surface area contributed by atoms with E-state index in [0.29, 0.717) is 11.4 Å². The molecule has 206 valence electrons. The molecular weight excluding hydrogens is 698 g/mol. The van der Waals surface area contributed by atoms with Gasteiger partial charge in [0.25, 0.3) is 0 Å². The third-order valence-electron chi connectivity index (χ3n) is 7.32. The fourth-order valence-electron chi connectivity index (χ4n) is 5.42. The summed E-state index contributed by atoms with van der Waals surface area (Å²) in [7, 11) is 0. The van der Waals surface area contributed by atoms with Crippen LogP contribution in [0.2, 0.25) is 0 Å². The van der Waals surface area contributed by atoms with Gasteiger partial charge in [0, 0.05) is 38.6 Å². The Balaban J connectivity index is 0.00000316. The van der Waals surface area contributed by atoms with Crippen molar-refractivity contribution in [2.75, 3.05) is 0 Å². The minimum atomic E-state index is 0. The number of pyridine rings is 1. The van der Waals surface area contributed by atoms with Crippen molar-refractivity contribution in [2.45, 2.75) is 6.42 Å². The van der Waals surface area contributed by atoms with Crippen LogP contribution in [0.1, 0.15) is 11.1 Å². The molecule has 0 spiro atoms. The largest absolute Gasteiger partial charge is 0.507 e. The van der Waals surface area contributed by atoms with Crippen LogP contribution in [-0.4, -0.2) is 19.6 Å². The van der Waals surface area contributed by atoms with E-state index < -0.39 is 0 Å². The number of phenols is 1. The Morgan fingerprint density at radius 2 is 1.38 bits per heavy atom. The number of benzene rings is 5. The second-order valence-electron chi connectivity index (χ2n) is 9.95. The van der Waals surface area contributed by atoms with Crippen molar-refractivity contribution in [3.05, 3.63) is 157 Å². The fraction of sp³-hybridized carbons (Fsp3) is 0.0270. The molecule has 42 heavy (non-hydrogen) atoms. The molecule has 5 aromatic carbocycles. The normalized spacial score (nSPS) is 10.9. The summed E-state index contributed by atoms with van der Waals surface area (Å²) in [6.45, 7) is 0. The summed E-state index contributed by atoms with van der Waals surface area (Å²) < 4.78 is 2.13. The number of hydrogen-bond acceptors (Lipinski definition) is 3. The van der Waals surface area contributed by atoms with E-state index in [1.807, 2.05) is 66.7 Å². The third kappa shape index (κ3) is 5.18. The van der Waals surface area contributed by atoms with Crippen LogP contribution in [-0.2, 0) is 27.5 Å². The molecule has 0 fully saturated rings. The summed E-state index contributed by atoms with van der Waals surface area (Å²) >= 11 is 0. The van der Waals surface area contributed by atoms with Gasteiger partial charge in [-0.2, -0.15) is 0 Å². The van der Waals surface area contributed by atoms with Crippen LogP contribution in [0, 0.1) is 6.07 Å². The number of nitrogens with zero attached hydrogens (tertiary/aromatic N) is 3. The summed E-state index contributed by atoms with van der Waals surface area (Å²) in [5.41, 5.74) is 9.60. The number of phenolic OH excluding ortho intramolecular Hbond substituents is 1. The SMILES string of the molecule is Oc1ccccc1-c1nc2c(-c3[c-]c(-c4ccccn4)ccc3)c(Cc3ccccc3)ccc2n1-c1ccccc1.[Pt]. The van der Waals surface area contributed by atoms with Crippen LogP contribution in [0.5, 0.6) is 5.75 Å². The van der Waals surface area contributed by atoms with Crippen LogP contribution < -0.4 is 0 Å². The van der Waals surface area contributed by atoms with E-state index in [4.69, 9.17) is 4.98 Å². The van der Waals surface area contributed by atoms with Crippen LogP contribution in [0.15, 0.2) is 140 Å². The molecular formula is C37H26N3OPt-. The first-order valence-corrected chi connectivity index (χ1v) is 13.6. The molecule has 0 aliphatic rings. The maximum Gasteiger partial charge on any atom is 0.148 e. The predicted molar refractivity (Wildman–Crippen MR) is 165 cm³/mol. The maximum atomic E-state index is 10.9. The molecule has 0 atom stereocenters. The zero-order chi connectivity index (χ0) is 27.6. The summed E-state index contributed by atoms with van der Waals surface area (Å²) in [6.07, 6.45) is 2.55. The molecule has 1 N–H and O–H groups in total. The Labute approximate surface area is 259 Å². The topological polar surface area (TPSA) is 50.9 Å². The van der Waals surface area contributed by atoms with E-state index in [9.17, 15) is 5.11 Å². The van der Waals surface area contributed by atoms with Gasteiger partial charge < -0.3 is 5.11 Å². The molecule has 0 saturated heterocycles. The summed E-state index contributed by atoms with van der Waals surface area (Å²) in [5.74, 6) is 0.873. The van der Waals surface area contributed by atoms with E-state index >= 15 is 0 Å². The second-order valence-corrected chi connectivity index (χ2v) is 9.95. The fourth-order valence-corrected chi connectivity index (χ4v) is 5.42. The average molecular weight is 724 g/mol. The van der Waals surface area contributed by atoms with Crippen molar-refractivity contribution in [3.63, 3.8) is 0 Å². The molecule has 5 heteroatoms. The van der Waals surface area contributed by atoms with Gasteiger partial charge in [0.1, 0.15) is 11.6 Å². The smallest absolute Gasteiger partial charge is 0.148 e. The van der Waals surface area contributed by atoms with Crippen LogP contribution >= 0.6 is 0 Å². The number of imidazole rings is 1. The molecule has 7 aromatic rings. The average Bonchev–Trinajstić information content (AvgIpc) is 3.42. The zero-order valence-electron chi connectivity index (χ0n) is 22.6. The zero-order valence-corrected chi connectivity index (χ0v) is 24.9. The first-order valence-electron chi connectivity index (χ1n) is 13.6. The molecule has 2 heterocycles. The van der Waals surface area contributed by atoms with Crippen molar-refractivity contribution in [1.82, 2.24) is 14.5 Å². The monoisotopic (exact) mass is 723 g/mol. The third-order valence-corrected chi connectivity index (χ3v) is 7.32. The van der Waals surface area contributed by atoms with Crippen LogP contribution in [0.4, 0.5) is 0 Å². The number of aromatic hydroxyl groups is 1. The van der Waals surface area contributed by atoms with Crippen molar-refractivity contribution in [2.24, 2.45) is 0 Å². The van der Waals surface area contributed by atoms with E-state index in [-0.39, 0.29) is 26.8 Å². The second kappa shape index (κ2) is 12.0. The number of hydrogen-bond donors (Lipinski definition) is 1.